The van der Waals surface area contributed by atoms with E-state index in [1.165, 1.54) is 0 Å². The topological polar surface area (TPSA) is 32.3 Å². The van der Waals surface area contributed by atoms with Crippen LogP contribution in [0.15, 0.2) is 54.6 Å². The molecule has 0 spiro atoms. The lowest BCUT2D eigenvalue weighted by Crippen LogP contribution is -2.29. The van der Waals surface area contributed by atoms with Gasteiger partial charge in [-0.2, -0.15) is 0 Å². The number of rotatable bonds is 2. The lowest BCUT2D eigenvalue weighted by molar-refractivity contribution is 0.360. The number of anilines is 1. The van der Waals surface area contributed by atoms with E-state index >= 15 is 0 Å². The first-order valence-corrected chi connectivity index (χ1v) is 8.57. The Balaban J connectivity index is 1.83. The molecule has 4 heteroatoms. The Morgan fingerprint density at radius 1 is 0.792 bits per heavy atom. The second kappa shape index (κ2) is 6.57. The molecule has 0 atom stereocenters. The number of hydrogen-bond acceptors (Lipinski definition) is 4. The van der Waals surface area contributed by atoms with Gasteiger partial charge in [0.1, 0.15) is 5.82 Å². The van der Waals surface area contributed by atoms with Crippen LogP contribution in [0, 0.1) is 0 Å². The van der Waals surface area contributed by atoms with Crippen LogP contribution < -0.4 is 4.90 Å². The number of fused-ring (bicyclic) bond motifs is 1. The molecular formula is C20H22N4. The Hall–Kier alpha value is -2.46. The maximum Gasteiger partial charge on any atom is 0.162 e. The Morgan fingerprint density at radius 2 is 1.58 bits per heavy atom. The van der Waals surface area contributed by atoms with Gasteiger partial charge in [0, 0.05) is 30.6 Å². The summed E-state index contributed by atoms with van der Waals surface area (Å²) in [5.74, 6) is 1.87. The van der Waals surface area contributed by atoms with Crippen LogP contribution in [0.1, 0.15) is 6.42 Å². The molecule has 2 heterocycles. The first kappa shape index (κ1) is 15.1. The molecule has 122 valence electrons. The van der Waals surface area contributed by atoms with Crippen LogP contribution in [-0.4, -0.2) is 48.1 Å². The summed E-state index contributed by atoms with van der Waals surface area (Å²) in [6.45, 7) is 4.26. The van der Waals surface area contributed by atoms with Crippen molar-refractivity contribution in [3.8, 4) is 11.4 Å². The molecule has 4 rings (SSSR count). The third-order valence-corrected chi connectivity index (χ3v) is 4.63. The molecular weight excluding hydrogens is 296 g/mol. The third kappa shape index (κ3) is 2.97. The van der Waals surface area contributed by atoms with E-state index in [2.05, 4.69) is 47.2 Å². The molecule has 1 saturated heterocycles. The molecule has 1 fully saturated rings. The lowest BCUT2D eigenvalue weighted by atomic mass is 10.1. The summed E-state index contributed by atoms with van der Waals surface area (Å²) >= 11 is 0. The molecule has 0 amide bonds. The van der Waals surface area contributed by atoms with Gasteiger partial charge in [-0.05, 0) is 32.1 Å². The zero-order valence-corrected chi connectivity index (χ0v) is 14.0. The normalized spacial score (nSPS) is 16.3. The minimum Gasteiger partial charge on any atom is -0.355 e. The van der Waals surface area contributed by atoms with Crippen molar-refractivity contribution in [2.24, 2.45) is 0 Å². The highest BCUT2D eigenvalue weighted by Crippen LogP contribution is 2.28. The molecule has 2 aromatic carbocycles. The van der Waals surface area contributed by atoms with Crippen LogP contribution in [0.2, 0.25) is 0 Å². The smallest absolute Gasteiger partial charge is 0.162 e. The molecule has 24 heavy (non-hydrogen) atoms. The van der Waals surface area contributed by atoms with E-state index in [1.54, 1.807) is 0 Å². The Bertz CT molecular complexity index is 831. The summed E-state index contributed by atoms with van der Waals surface area (Å²) in [6, 6.07) is 18.6. The highest BCUT2D eigenvalue weighted by molar-refractivity contribution is 5.91. The Kier molecular flexibility index (Phi) is 4.13. The lowest BCUT2D eigenvalue weighted by Gasteiger charge is -2.23. The summed E-state index contributed by atoms with van der Waals surface area (Å²) in [5, 5.41) is 1.14. The first-order valence-electron chi connectivity index (χ1n) is 8.57. The number of likely N-dealkylation sites (N-methyl/N-ethyl adjacent to an activating group) is 1. The molecule has 0 saturated carbocycles. The van der Waals surface area contributed by atoms with Crippen molar-refractivity contribution < 1.29 is 0 Å². The van der Waals surface area contributed by atoms with Gasteiger partial charge in [0.2, 0.25) is 0 Å². The SMILES string of the molecule is CN1CCCN(c2nc(-c3ccccc3)nc3ccccc23)CC1. The van der Waals surface area contributed by atoms with Crippen LogP contribution in [0.25, 0.3) is 22.3 Å². The third-order valence-electron chi connectivity index (χ3n) is 4.63. The molecule has 1 aromatic heterocycles. The van der Waals surface area contributed by atoms with Crippen LogP contribution in [0.5, 0.6) is 0 Å². The van der Waals surface area contributed by atoms with Gasteiger partial charge < -0.3 is 9.80 Å². The van der Waals surface area contributed by atoms with Gasteiger partial charge in [-0.1, -0.05) is 42.5 Å². The van der Waals surface area contributed by atoms with Crippen molar-refractivity contribution >= 4 is 16.7 Å². The predicted octanol–water partition coefficient (Wildman–Crippen LogP) is 3.44. The number of para-hydroxylation sites is 1. The van der Waals surface area contributed by atoms with Crippen molar-refractivity contribution in [2.45, 2.75) is 6.42 Å². The number of hydrogen-bond donors (Lipinski definition) is 0. The highest BCUT2D eigenvalue weighted by atomic mass is 15.2. The maximum atomic E-state index is 4.96. The second-order valence-electron chi connectivity index (χ2n) is 6.40. The largest absolute Gasteiger partial charge is 0.355 e. The molecule has 0 unspecified atom stereocenters. The zero-order chi connectivity index (χ0) is 16.4. The van der Waals surface area contributed by atoms with Gasteiger partial charge in [-0.15, -0.1) is 0 Å². The molecule has 0 N–H and O–H groups in total. The fourth-order valence-electron chi connectivity index (χ4n) is 3.28. The molecule has 1 aliphatic heterocycles. The number of nitrogens with zero attached hydrogens (tertiary/aromatic N) is 4. The molecule has 1 aliphatic rings. The van der Waals surface area contributed by atoms with E-state index in [1.807, 2.05) is 24.3 Å². The van der Waals surface area contributed by atoms with E-state index in [4.69, 9.17) is 9.97 Å². The quantitative estimate of drug-likeness (QED) is 0.724. The fourth-order valence-corrected chi connectivity index (χ4v) is 3.28. The summed E-state index contributed by atoms with van der Waals surface area (Å²) < 4.78 is 0. The average molecular weight is 318 g/mol. The molecule has 0 radical (unpaired) electrons. The second-order valence-corrected chi connectivity index (χ2v) is 6.40. The van der Waals surface area contributed by atoms with Gasteiger partial charge in [-0.3, -0.25) is 0 Å². The van der Waals surface area contributed by atoms with E-state index in [0.717, 1.165) is 60.7 Å². The van der Waals surface area contributed by atoms with Gasteiger partial charge in [0.25, 0.3) is 0 Å². The number of benzene rings is 2. The van der Waals surface area contributed by atoms with E-state index in [-0.39, 0.29) is 0 Å². The van der Waals surface area contributed by atoms with Crippen LogP contribution in [-0.2, 0) is 0 Å². The molecule has 0 aliphatic carbocycles. The predicted molar refractivity (Wildman–Crippen MR) is 99.3 cm³/mol. The van der Waals surface area contributed by atoms with Crippen molar-refractivity contribution in [2.75, 3.05) is 38.1 Å². The van der Waals surface area contributed by atoms with E-state index in [0.29, 0.717) is 0 Å². The van der Waals surface area contributed by atoms with Crippen LogP contribution >= 0.6 is 0 Å². The standard InChI is InChI=1S/C20H22N4/c1-23-12-7-13-24(15-14-23)20-17-10-5-6-11-18(17)21-19(22-20)16-8-3-2-4-9-16/h2-6,8-11H,7,12-15H2,1H3. The van der Waals surface area contributed by atoms with Crippen molar-refractivity contribution in [3.05, 3.63) is 54.6 Å². The van der Waals surface area contributed by atoms with Gasteiger partial charge >= 0.3 is 0 Å². The monoisotopic (exact) mass is 318 g/mol. The van der Waals surface area contributed by atoms with Crippen LogP contribution in [0.4, 0.5) is 5.82 Å². The highest BCUT2D eigenvalue weighted by Gasteiger charge is 2.18. The maximum absolute atomic E-state index is 4.96. The van der Waals surface area contributed by atoms with E-state index < -0.39 is 0 Å². The minimum atomic E-state index is 0.807. The Morgan fingerprint density at radius 3 is 2.46 bits per heavy atom. The Labute approximate surface area is 142 Å². The zero-order valence-electron chi connectivity index (χ0n) is 14.0. The molecule has 0 bridgehead atoms. The number of aromatic nitrogens is 2. The van der Waals surface area contributed by atoms with E-state index in [9.17, 15) is 0 Å². The average Bonchev–Trinajstić information content (AvgIpc) is 2.86. The van der Waals surface area contributed by atoms with Gasteiger partial charge in [0.15, 0.2) is 5.82 Å². The fraction of sp³-hybridized carbons (Fsp3) is 0.300. The summed E-state index contributed by atoms with van der Waals surface area (Å²) in [6.07, 6.45) is 1.16. The van der Waals surface area contributed by atoms with Gasteiger partial charge in [0.05, 0.1) is 5.52 Å². The molecule has 3 aromatic rings. The van der Waals surface area contributed by atoms with Crippen molar-refractivity contribution in [3.63, 3.8) is 0 Å². The summed E-state index contributed by atoms with van der Waals surface area (Å²) in [5.41, 5.74) is 2.08. The molecule has 4 nitrogen and oxygen atoms in total. The van der Waals surface area contributed by atoms with Gasteiger partial charge in [-0.25, -0.2) is 9.97 Å². The van der Waals surface area contributed by atoms with Crippen molar-refractivity contribution in [1.29, 1.82) is 0 Å². The summed E-state index contributed by atoms with van der Waals surface area (Å²) in [7, 11) is 2.19. The van der Waals surface area contributed by atoms with Crippen molar-refractivity contribution in [1.82, 2.24) is 14.9 Å². The minimum absolute atomic E-state index is 0.807. The summed E-state index contributed by atoms with van der Waals surface area (Å²) in [4.78, 5) is 14.6. The van der Waals surface area contributed by atoms with Crippen LogP contribution in [0.3, 0.4) is 0 Å². The first-order chi connectivity index (χ1) is 11.8.